The molecule has 8 nitrogen and oxygen atoms in total. The number of benzene rings is 2. The Labute approximate surface area is 190 Å². The number of aromatic nitrogens is 1. The topological polar surface area (TPSA) is 89.9 Å². The summed E-state index contributed by atoms with van der Waals surface area (Å²) in [6.45, 7) is 0.599. The Morgan fingerprint density at radius 2 is 1.66 bits per heavy atom. The fourth-order valence-electron chi connectivity index (χ4n) is 3.06. The lowest BCUT2D eigenvalue weighted by Crippen LogP contribution is -2.22. The first-order valence-corrected chi connectivity index (χ1v) is 10.6. The van der Waals surface area contributed by atoms with E-state index < -0.39 is 0 Å². The fraction of sp³-hybridized carbons (Fsp3) is 0.261. The zero-order valence-electron chi connectivity index (χ0n) is 18.4. The molecule has 1 N–H and O–H groups in total. The molecular weight excluding hydrogens is 430 g/mol. The monoisotopic (exact) mass is 455 g/mol. The van der Waals surface area contributed by atoms with Gasteiger partial charge in [0.25, 0.3) is 11.8 Å². The van der Waals surface area contributed by atoms with Crippen LogP contribution in [0.25, 0.3) is 0 Å². The number of nitrogens with one attached hydrogen (secondary N) is 1. The molecule has 0 radical (unpaired) electrons. The van der Waals surface area contributed by atoms with Crippen LogP contribution in [-0.2, 0) is 13.1 Å². The third kappa shape index (κ3) is 5.36. The number of ether oxygens (including phenoxy) is 2. The molecular formula is C23H25N3O5S. The molecule has 1 heterocycles. The van der Waals surface area contributed by atoms with E-state index in [2.05, 4.69) is 5.32 Å². The van der Waals surface area contributed by atoms with Crippen molar-refractivity contribution in [1.29, 1.82) is 0 Å². The van der Waals surface area contributed by atoms with E-state index in [0.29, 0.717) is 28.5 Å². The third-order valence-corrected chi connectivity index (χ3v) is 5.71. The Balaban J connectivity index is 1.65. The molecule has 32 heavy (non-hydrogen) atoms. The van der Waals surface area contributed by atoms with E-state index in [1.165, 1.54) is 9.47 Å². The van der Waals surface area contributed by atoms with Gasteiger partial charge in [-0.2, -0.15) is 0 Å². The molecule has 0 saturated heterocycles. The van der Waals surface area contributed by atoms with Gasteiger partial charge in [0.1, 0.15) is 4.88 Å². The number of carbonyl (C=O) groups excluding carboxylic acids is 2. The van der Waals surface area contributed by atoms with Crippen LogP contribution in [0.5, 0.6) is 11.5 Å². The molecule has 0 spiro atoms. The second kappa shape index (κ2) is 10.1. The Morgan fingerprint density at radius 1 is 1.00 bits per heavy atom. The lowest BCUT2D eigenvalue weighted by atomic mass is 10.1. The first-order chi connectivity index (χ1) is 15.3. The smallest absolute Gasteiger partial charge is 0.308 e. The van der Waals surface area contributed by atoms with E-state index >= 15 is 0 Å². The predicted octanol–water partition coefficient (Wildman–Crippen LogP) is 2.61. The van der Waals surface area contributed by atoms with Crippen LogP contribution < -0.4 is 19.7 Å². The van der Waals surface area contributed by atoms with Gasteiger partial charge in [-0.3, -0.25) is 14.4 Å². The number of hydrogen-bond donors (Lipinski definition) is 1. The van der Waals surface area contributed by atoms with Gasteiger partial charge in [0.15, 0.2) is 11.5 Å². The van der Waals surface area contributed by atoms with Crippen molar-refractivity contribution in [1.82, 2.24) is 14.8 Å². The molecule has 3 rings (SSSR count). The summed E-state index contributed by atoms with van der Waals surface area (Å²) in [6, 6.07) is 12.5. The summed E-state index contributed by atoms with van der Waals surface area (Å²) in [5.41, 5.74) is 2.28. The SMILES string of the molecule is COc1ccc(CNC(=O)c2cn(Cc3ccc(C(=O)N(C)C)cc3)c(=O)s2)cc1OC. The van der Waals surface area contributed by atoms with Gasteiger partial charge < -0.3 is 24.3 Å². The Kier molecular flexibility index (Phi) is 7.32. The van der Waals surface area contributed by atoms with Gasteiger partial charge in [0, 0.05) is 32.4 Å². The lowest BCUT2D eigenvalue weighted by molar-refractivity contribution is 0.0827. The molecule has 0 aliphatic carbocycles. The van der Waals surface area contributed by atoms with Gasteiger partial charge in [-0.1, -0.05) is 29.5 Å². The van der Waals surface area contributed by atoms with Crippen molar-refractivity contribution >= 4 is 23.2 Å². The van der Waals surface area contributed by atoms with Crippen molar-refractivity contribution in [3.63, 3.8) is 0 Å². The van der Waals surface area contributed by atoms with E-state index in [9.17, 15) is 14.4 Å². The first kappa shape index (κ1) is 23.1. The van der Waals surface area contributed by atoms with Crippen LogP contribution >= 0.6 is 11.3 Å². The molecule has 2 aromatic carbocycles. The van der Waals surface area contributed by atoms with E-state index in [0.717, 1.165) is 22.5 Å². The quantitative estimate of drug-likeness (QED) is 0.564. The molecule has 0 bridgehead atoms. The molecule has 0 aliphatic rings. The summed E-state index contributed by atoms with van der Waals surface area (Å²) in [4.78, 5) is 38.5. The van der Waals surface area contributed by atoms with Crippen LogP contribution in [-0.4, -0.2) is 49.6 Å². The lowest BCUT2D eigenvalue weighted by Gasteiger charge is -2.10. The molecule has 0 fully saturated rings. The molecule has 1 aromatic heterocycles. The number of carbonyl (C=O) groups is 2. The number of hydrogen-bond acceptors (Lipinski definition) is 6. The zero-order chi connectivity index (χ0) is 23.3. The summed E-state index contributed by atoms with van der Waals surface area (Å²) < 4.78 is 12.0. The van der Waals surface area contributed by atoms with Crippen molar-refractivity contribution in [2.45, 2.75) is 13.1 Å². The summed E-state index contributed by atoms with van der Waals surface area (Å²) in [7, 11) is 6.50. The first-order valence-electron chi connectivity index (χ1n) is 9.82. The van der Waals surface area contributed by atoms with Gasteiger partial charge in [-0.25, -0.2) is 0 Å². The summed E-state index contributed by atoms with van der Waals surface area (Å²) >= 11 is 0.892. The molecule has 9 heteroatoms. The van der Waals surface area contributed by atoms with Gasteiger partial charge >= 0.3 is 4.87 Å². The van der Waals surface area contributed by atoms with Gasteiger partial charge in [0.05, 0.1) is 20.8 Å². The highest BCUT2D eigenvalue weighted by atomic mass is 32.1. The van der Waals surface area contributed by atoms with Crippen LogP contribution in [0.2, 0.25) is 0 Å². The van der Waals surface area contributed by atoms with Crippen molar-refractivity contribution in [2.75, 3.05) is 28.3 Å². The van der Waals surface area contributed by atoms with Crippen molar-refractivity contribution in [3.8, 4) is 11.5 Å². The average Bonchev–Trinajstić information content (AvgIpc) is 3.17. The molecule has 0 saturated carbocycles. The largest absolute Gasteiger partial charge is 0.493 e. The van der Waals surface area contributed by atoms with E-state index in [4.69, 9.17) is 9.47 Å². The molecule has 0 unspecified atom stereocenters. The van der Waals surface area contributed by atoms with Crippen LogP contribution in [0.3, 0.4) is 0 Å². The minimum atomic E-state index is -0.326. The zero-order valence-corrected chi connectivity index (χ0v) is 19.2. The maximum atomic E-state index is 12.5. The highest BCUT2D eigenvalue weighted by Gasteiger charge is 2.14. The van der Waals surface area contributed by atoms with Gasteiger partial charge in [0.2, 0.25) is 0 Å². The van der Waals surface area contributed by atoms with Crippen molar-refractivity contribution < 1.29 is 19.1 Å². The number of nitrogens with zero attached hydrogens (tertiary/aromatic N) is 2. The molecule has 2 amide bonds. The Hall–Kier alpha value is -3.59. The average molecular weight is 456 g/mol. The fourth-order valence-corrected chi connectivity index (χ4v) is 3.82. The minimum Gasteiger partial charge on any atom is -0.493 e. The minimum absolute atomic E-state index is 0.0855. The number of thiazole rings is 1. The normalized spacial score (nSPS) is 10.5. The number of rotatable bonds is 8. The van der Waals surface area contributed by atoms with Gasteiger partial charge in [-0.15, -0.1) is 0 Å². The second-order valence-corrected chi connectivity index (χ2v) is 8.25. The van der Waals surface area contributed by atoms with Crippen LogP contribution in [0, 0.1) is 0 Å². The molecule has 0 aliphatic heterocycles. The maximum Gasteiger partial charge on any atom is 0.308 e. The summed E-state index contributed by atoms with van der Waals surface area (Å²) in [5, 5.41) is 2.82. The summed E-state index contributed by atoms with van der Waals surface area (Å²) in [5.74, 6) is 0.774. The van der Waals surface area contributed by atoms with Crippen LogP contribution in [0.4, 0.5) is 0 Å². The summed E-state index contributed by atoms with van der Waals surface area (Å²) in [6.07, 6.45) is 1.55. The van der Waals surface area contributed by atoms with E-state index in [1.807, 2.05) is 6.07 Å². The molecule has 3 aromatic rings. The second-order valence-electron chi connectivity index (χ2n) is 7.26. The highest BCUT2D eigenvalue weighted by molar-refractivity contribution is 7.11. The highest BCUT2D eigenvalue weighted by Crippen LogP contribution is 2.27. The molecule has 168 valence electrons. The van der Waals surface area contributed by atoms with Gasteiger partial charge in [-0.05, 0) is 35.4 Å². The predicted molar refractivity (Wildman–Crippen MR) is 123 cm³/mol. The number of methoxy groups -OCH3 is 2. The Morgan fingerprint density at radius 3 is 2.28 bits per heavy atom. The number of amides is 2. The van der Waals surface area contributed by atoms with Crippen molar-refractivity contribution in [3.05, 3.63) is 79.9 Å². The Bertz CT molecular complexity index is 1170. The van der Waals surface area contributed by atoms with Crippen molar-refractivity contribution in [2.24, 2.45) is 0 Å². The van der Waals surface area contributed by atoms with Crippen LogP contribution in [0.1, 0.15) is 31.2 Å². The maximum absolute atomic E-state index is 12.5. The van der Waals surface area contributed by atoms with E-state index in [1.54, 1.807) is 70.9 Å². The van der Waals surface area contributed by atoms with Crippen LogP contribution in [0.15, 0.2) is 53.5 Å². The third-order valence-electron chi connectivity index (χ3n) is 4.79. The molecule has 0 atom stereocenters. The van der Waals surface area contributed by atoms with E-state index in [-0.39, 0.29) is 23.2 Å². The standard InChI is InChI=1S/C23H25N3O5S/c1-25(2)22(28)17-8-5-15(6-9-17)13-26-14-20(32-23(26)29)21(27)24-12-16-7-10-18(30-3)19(11-16)31-4/h5-11,14H,12-13H2,1-4H3,(H,24,27).